The quantitative estimate of drug-likeness (QED) is 0.886. The molecule has 1 aromatic carbocycles. The highest BCUT2D eigenvalue weighted by Crippen LogP contribution is 2.48. The van der Waals surface area contributed by atoms with Crippen LogP contribution in [0.25, 0.3) is 0 Å². The maximum Gasteiger partial charge on any atom is 0.122 e. The summed E-state index contributed by atoms with van der Waals surface area (Å²) in [6, 6.07) is 5.75. The molecule has 3 nitrogen and oxygen atoms in total. The summed E-state index contributed by atoms with van der Waals surface area (Å²) in [5.74, 6) is 3.10. The van der Waals surface area contributed by atoms with Crippen LogP contribution < -0.4 is 10.6 Å². The molecule has 2 bridgehead atoms. The molecule has 20 heavy (non-hydrogen) atoms. The van der Waals surface area contributed by atoms with Gasteiger partial charge in [-0.15, -0.1) is 0 Å². The molecule has 4 unspecified atom stereocenters. The number of fused-ring (bicyclic) bond motifs is 2. The van der Waals surface area contributed by atoms with Gasteiger partial charge in [-0.3, -0.25) is 0 Å². The second-order valence-corrected chi connectivity index (χ2v) is 6.85. The van der Waals surface area contributed by atoms with E-state index in [4.69, 9.17) is 5.73 Å². The molecule has 3 N–H and O–H groups in total. The van der Waals surface area contributed by atoms with Gasteiger partial charge in [0.1, 0.15) is 5.75 Å². The van der Waals surface area contributed by atoms with Gasteiger partial charge in [-0.2, -0.15) is 0 Å². The lowest BCUT2D eigenvalue weighted by Gasteiger charge is -2.29. The molecule has 2 saturated carbocycles. The van der Waals surface area contributed by atoms with Crippen LogP contribution >= 0.6 is 0 Å². The average molecular weight is 274 g/mol. The minimum absolute atomic E-state index is 0.125. The van der Waals surface area contributed by atoms with Gasteiger partial charge in [-0.05, 0) is 50.0 Å². The van der Waals surface area contributed by atoms with Gasteiger partial charge in [0, 0.05) is 37.0 Å². The van der Waals surface area contributed by atoms with Gasteiger partial charge < -0.3 is 15.7 Å². The summed E-state index contributed by atoms with van der Waals surface area (Å²) >= 11 is 0. The first-order valence-corrected chi connectivity index (χ1v) is 7.84. The largest absolute Gasteiger partial charge is 0.508 e. The molecule has 0 aliphatic heterocycles. The Hall–Kier alpha value is -1.22. The molecule has 0 spiro atoms. The molecule has 0 radical (unpaired) electrons. The number of hydrogen-bond acceptors (Lipinski definition) is 3. The van der Waals surface area contributed by atoms with E-state index < -0.39 is 0 Å². The molecule has 2 fully saturated rings. The molecule has 0 saturated heterocycles. The van der Waals surface area contributed by atoms with Crippen molar-refractivity contribution in [2.24, 2.45) is 23.5 Å². The summed E-state index contributed by atoms with van der Waals surface area (Å²) in [6.07, 6.45) is 5.74. The van der Waals surface area contributed by atoms with E-state index in [-0.39, 0.29) is 6.04 Å². The van der Waals surface area contributed by atoms with Crippen LogP contribution in [-0.2, 0) is 0 Å². The molecular weight excluding hydrogens is 248 g/mol. The van der Waals surface area contributed by atoms with Crippen LogP contribution in [0.15, 0.2) is 18.2 Å². The molecule has 0 heterocycles. The Balaban J connectivity index is 1.68. The molecule has 3 rings (SSSR count). The second kappa shape index (κ2) is 5.28. The third kappa shape index (κ3) is 2.51. The highest BCUT2D eigenvalue weighted by Gasteiger charge is 2.39. The average Bonchev–Trinajstić information content (AvgIpc) is 3.00. The summed E-state index contributed by atoms with van der Waals surface area (Å²) in [4.78, 5) is 2.29. The minimum atomic E-state index is -0.125. The number of hydrogen-bond donors (Lipinski definition) is 2. The topological polar surface area (TPSA) is 49.5 Å². The fourth-order valence-corrected chi connectivity index (χ4v) is 4.21. The lowest BCUT2D eigenvalue weighted by atomic mass is 9.88. The van der Waals surface area contributed by atoms with Gasteiger partial charge in [0.05, 0.1) is 0 Å². The highest BCUT2D eigenvalue weighted by molar-refractivity contribution is 5.53. The zero-order chi connectivity index (χ0) is 14.3. The molecule has 0 amide bonds. The van der Waals surface area contributed by atoms with Crippen LogP contribution in [0.3, 0.4) is 0 Å². The zero-order valence-electron chi connectivity index (χ0n) is 12.5. The van der Waals surface area contributed by atoms with E-state index >= 15 is 0 Å². The SMILES string of the molecule is CC(N)c1ccc(N(C)CC2CC3CCC2C3)cc1O. The highest BCUT2D eigenvalue weighted by atomic mass is 16.3. The van der Waals surface area contributed by atoms with Crippen molar-refractivity contribution in [3.63, 3.8) is 0 Å². The Bertz CT molecular complexity index is 486. The first kappa shape index (κ1) is 13.7. The van der Waals surface area contributed by atoms with Crippen molar-refractivity contribution < 1.29 is 5.11 Å². The molecule has 4 atom stereocenters. The van der Waals surface area contributed by atoms with Gasteiger partial charge in [-0.25, -0.2) is 0 Å². The van der Waals surface area contributed by atoms with Crippen molar-refractivity contribution in [2.45, 2.75) is 38.6 Å². The molecule has 1 aromatic rings. The zero-order valence-corrected chi connectivity index (χ0v) is 12.5. The van der Waals surface area contributed by atoms with E-state index in [1.54, 1.807) is 0 Å². The smallest absolute Gasteiger partial charge is 0.122 e. The molecule has 3 heteroatoms. The van der Waals surface area contributed by atoms with Crippen molar-refractivity contribution in [2.75, 3.05) is 18.5 Å². The van der Waals surface area contributed by atoms with Gasteiger partial charge in [-0.1, -0.05) is 12.5 Å². The fourth-order valence-electron chi connectivity index (χ4n) is 4.21. The Morgan fingerprint density at radius 2 is 2.15 bits per heavy atom. The number of rotatable bonds is 4. The number of phenols is 1. The van der Waals surface area contributed by atoms with E-state index in [0.29, 0.717) is 5.75 Å². The van der Waals surface area contributed by atoms with Crippen LogP contribution in [-0.4, -0.2) is 18.7 Å². The predicted molar refractivity (Wildman–Crippen MR) is 82.9 cm³/mol. The maximum atomic E-state index is 10.1. The molecule has 2 aliphatic rings. The third-order valence-electron chi connectivity index (χ3n) is 5.34. The van der Waals surface area contributed by atoms with E-state index in [1.807, 2.05) is 19.1 Å². The number of phenolic OH excluding ortho intramolecular Hbond substituents is 1. The first-order chi connectivity index (χ1) is 9.54. The maximum absolute atomic E-state index is 10.1. The molecular formula is C17H26N2O. The number of benzene rings is 1. The fraction of sp³-hybridized carbons (Fsp3) is 0.647. The standard InChI is InChI=1S/C17H26N2O/c1-11(18)16-6-5-15(9-17(16)20)19(2)10-14-8-12-3-4-13(14)7-12/h5-6,9,11-14,20H,3-4,7-8,10,18H2,1-2H3. The van der Waals surface area contributed by atoms with Crippen molar-refractivity contribution in [3.8, 4) is 5.75 Å². The molecule has 2 aliphatic carbocycles. The summed E-state index contributed by atoms with van der Waals surface area (Å²) < 4.78 is 0. The van der Waals surface area contributed by atoms with Crippen molar-refractivity contribution in [1.29, 1.82) is 0 Å². The Labute approximate surface area is 121 Å². The monoisotopic (exact) mass is 274 g/mol. The van der Waals surface area contributed by atoms with Crippen LogP contribution in [0.2, 0.25) is 0 Å². The minimum Gasteiger partial charge on any atom is -0.508 e. The van der Waals surface area contributed by atoms with Crippen LogP contribution in [0.5, 0.6) is 5.75 Å². The Morgan fingerprint density at radius 3 is 2.70 bits per heavy atom. The Morgan fingerprint density at radius 1 is 1.35 bits per heavy atom. The third-order valence-corrected chi connectivity index (χ3v) is 5.34. The van der Waals surface area contributed by atoms with E-state index in [1.165, 1.54) is 25.7 Å². The Kier molecular flexibility index (Phi) is 3.63. The second-order valence-electron chi connectivity index (χ2n) is 6.85. The summed E-state index contributed by atoms with van der Waals surface area (Å²) in [6.45, 7) is 3.01. The van der Waals surface area contributed by atoms with Crippen LogP contribution in [0.4, 0.5) is 5.69 Å². The molecule has 110 valence electrons. The van der Waals surface area contributed by atoms with Crippen LogP contribution in [0, 0.1) is 17.8 Å². The lowest BCUT2D eigenvalue weighted by molar-refractivity contribution is 0.337. The van der Waals surface area contributed by atoms with E-state index in [2.05, 4.69) is 18.0 Å². The van der Waals surface area contributed by atoms with Gasteiger partial charge in [0.15, 0.2) is 0 Å². The van der Waals surface area contributed by atoms with E-state index in [0.717, 1.165) is 35.5 Å². The number of nitrogens with zero attached hydrogens (tertiary/aromatic N) is 1. The van der Waals surface area contributed by atoms with Gasteiger partial charge in [0.25, 0.3) is 0 Å². The lowest BCUT2D eigenvalue weighted by Crippen LogP contribution is -2.28. The van der Waals surface area contributed by atoms with Crippen LogP contribution in [0.1, 0.15) is 44.2 Å². The summed E-state index contributed by atoms with van der Waals surface area (Å²) in [5.41, 5.74) is 7.75. The van der Waals surface area contributed by atoms with Gasteiger partial charge in [0.2, 0.25) is 0 Å². The predicted octanol–water partition coefficient (Wildman–Crippen LogP) is 3.28. The summed E-state index contributed by atoms with van der Waals surface area (Å²) in [7, 11) is 2.13. The van der Waals surface area contributed by atoms with Gasteiger partial charge >= 0.3 is 0 Å². The van der Waals surface area contributed by atoms with Crippen molar-refractivity contribution in [3.05, 3.63) is 23.8 Å². The first-order valence-electron chi connectivity index (χ1n) is 7.84. The number of aromatic hydroxyl groups is 1. The summed E-state index contributed by atoms with van der Waals surface area (Å²) in [5, 5.41) is 10.1. The normalized spacial score (nSPS) is 29.6. The molecule has 0 aromatic heterocycles. The van der Waals surface area contributed by atoms with Crippen molar-refractivity contribution >= 4 is 5.69 Å². The van der Waals surface area contributed by atoms with Crippen molar-refractivity contribution in [1.82, 2.24) is 0 Å². The van der Waals surface area contributed by atoms with E-state index in [9.17, 15) is 5.11 Å². The number of anilines is 1. The number of nitrogens with two attached hydrogens (primary N) is 1.